The maximum absolute atomic E-state index is 11.8. The van der Waals surface area contributed by atoms with Crippen molar-refractivity contribution in [3.8, 4) is 0 Å². The van der Waals surface area contributed by atoms with Crippen molar-refractivity contribution in [1.82, 2.24) is 5.32 Å². The summed E-state index contributed by atoms with van der Waals surface area (Å²) < 4.78 is 5.74. The van der Waals surface area contributed by atoms with Crippen LogP contribution in [0.25, 0.3) is 0 Å². The highest BCUT2D eigenvalue weighted by atomic mass is 32.2. The van der Waals surface area contributed by atoms with Crippen LogP contribution < -0.4 is 10.6 Å². The van der Waals surface area contributed by atoms with Gasteiger partial charge in [-0.15, -0.1) is 11.8 Å². The molecule has 0 radical (unpaired) electrons. The molecule has 0 heterocycles. The third-order valence-corrected chi connectivity index (χ3v) is 4.70. The number of hydrogen-bond acceptors (Lipinski definition) is 3. The fourth-order valence-electron chi connectivity index (χ4n) is 2.40. The van der Waals surface area contributed by atoms with Gasteiger partial charge in [-0.3, -0.25) is 0 Å². The van der Waals surface area contributed by atoms with E-state index in [2.05, 4.69) is 24.5 Å². The van der Waals surface area contributed by atoms with E-state index in [1.165, 1.54) is 25.7 Å². The minimum atomic E-state index is -0.164. The number of nitrogens with one attached hydrogen (secondary N) is 2. The number of carbonyl (C=O) groups excluding carboxylic acids is 1. The van der Waals surface area contributed by atoms with Crippen LogP contribution in [-0.2, 0) is 4.74 Å². The SMILES string of the molecule is CCCCC(CC)COCCCNC(=O)Nc1cccc(SC)c1. The molecule has 0 aliphatic rings. The van der Waals surface area contributed by atoms with E-state index < -0.39 is 0 Å². The van der Waals surface area contributed by atoms with Gasteiger partial charge in [0.25, 0.3) is 0 Å². The van der Waals surface area contributed by atoms with Gasteiger partial charge >= 0.3 is 6.03 Å². The third-order valence-electron chi connectivity index (χ3n) is 3.98. The number of anilines is 1. The van der Waals surface area contributed by atoms with Crippen molar-refractivity contribution < 1.29 is 9.53 Å². The molecule has 1 rings (SSSR count). The number of hydrogen-bond donors (Lipinski definition) is 2. The second kappa shape index (κ2) is 13.1. The van der Waals surface area contributed by atoms with Gasteiger partial charge in [0.05, 0.1) is 0 Å². The van der Waals surface area contributed by atoms with Gasteiger partial charge in [0, 0.05) is 30.3 Å². The summed E-state index contributed by atoms with van der Waals surface area (Å²) in [5.41, 5.74) is 0.817. The van der Waals surface area contributed by atoms with Crippen molar-refractivity contribution in [3.63, 3.8) is 0 Å². The molecule has 0 aliphatic heterocycles. The Bertz CT molecular complexity index is 468. The summed E-state index contributed by atoms with van der Waals surface area (Å²) in [6.07, 6.45) is 7.81. The first kappa shape index (κ1) is 20.8. The molecule has 0 saturated heterocycles. The Balaban J connectivity index is 2.10. The molecule has 0 aromatic heterocycles. The monoisotopic (exact) mass is 352 g/mol. The molecular weight excluding hydrogens is 320 g/mol. The molecule has 0 bridgehead atoms. The average Bonchev–Trinajstić information content (AvgIpc) is 2.60. The number of unbranched alkanes of at least 4 members (excludes halogenated alkanes) is 1. The molecule has 0 spiro atoms. The number of amides is 2. The predicted octanol–water partition coefficient (Wildman–Crippen LogP) is 5.15. The summed E-state index contributed by atoms with van der Waals surface area (Å²) in [5, 5.41) is 5.72. The zero-order chi connectivity index (χ0) is 17.6. The van der Waals surface area contributed by atoms with Crippen LogP contribution in [0.15, 0.2) is 29.2 Å². The lowest BCUT2D eigenvalue weighted by atomic mass is 10.0. The first-order valence-electron chi connectivity index (χ1n) is 8.96. The lowest BCUT2D eigenvalue weighted by molar-refractivity contribution is 0.0925. The molecule has 136 valence electrons. The Hall–Kier alpha value is -1.20. The fraction of sp³-hybridized carbons (Fsp3) is 0.632. The molecule has 0 aliphatic carbocycles. The van der Waals surface area contributed by atoms with Gasteiger partial charge in [0.1, 0.15) is 0 Å². The van der Waals surface area contributed by atoms with Crippen molar-refractivity contribution >= 4 is 23.5 Å². The highest BCUT2D eigenvalue weighted by Crippen LogP contribution is 2.18. The smallest absolute Gasteiger partial charge is 0.319 e. The first-order chi connectivity index (χ1) is 11.7. The van der Waals surface area contributed by atoms with Gasteiger partial charge in [-0.05, 0) is 43.2 Å². The van der Waals surface area contributed by atoms with E-state index in [0.29, 0.717) is 19.1 Å². The van der Waals surface area contributed by atoms with E-state index in [4.69, 9.17) is 4.74 Å². The van der Waals surface area contributed by atoms with E-state index in [1.54, 1.807) is 11.8 Å². The maximum atomic E-state index is 11.8. The molecule has 0 fully saturated rings. The van der Waals surface area contributed by atoms with Crippen molar-refractivity contribution in [2.45, 2.75) is 50.8 Å². The Morgan fingerprint density at radius 2 is 2.12 bits per heavy atom. The van der Waals surface area contributed by atoms with Gasteiger partial charge in [-0.25, -0.2) is 4.79 Å². The second-order valence-electron chi connectivity index (χ2n) is 5.96. The standard InChI is InChI=1S/C19H32N2O2S/c1-4-6-9-16(5-2)15-23-13-8-12-20-19(22)21-17-10-7-11-18(14-17)24-3/h7,10-11,14,16H,4-6,8-9,12-13,15H2,1-3H3,(H2,20,21,22). The Labute approximate surface area is 151 Å². The van der Waals surface area contributed by atoms with Gasteiger partial charge < -0.3 is 15.4 Å². The molecule has 5 heteroatoms. The first-order valence-corrected chi connectivity index (χ1v) is 10.2. The van der Waals surface area contributed by atoms with Gasteiger partial charge in [0.2, 0.25) is 0 Å². The summed E-state index contributed by atoms with van der Waals surface area (Å²) in [6.45, 7) is 6.61. The van der Waals surface area contributed by atoms with E-state index in [0.717, 1.165) is 23.6 Å². The zero-order valence-corrected chi connectivity index (χ0v) is 16.1. The lowest BCUT2D eigenvalue weighted by Gasteiger charge is -2.14. The number of carbonyl (C=O) groups is 1. The van der Waals surface area contributed by atoms with Gasteiger partial charge in [0.15, 0.2) is 0 Å². The van der Waals surface area contributed by atoms with Crippen LogP contribution in [0.5, 0.6) is 0 Å². The highest BCUT2D eigenvalue weighted by Gasteiger charge is 2.06. The lowest BCUT2D eigenvalue weighted by Crippen LogP contribution is -2.30. The summed E-state index contributed by atoms with van der Waals surface area (Å²) in [5.74, 6) is 0.671. The van der Waals surface area contributed by atoms with Crippen molar-refractivity contribution in [1.29, 1.82) is 0 Å². The topological polar surface area (TPSA) is 50.4 Å². The van der Waals surface area contributed by atoms with E-state index >= 15 is 0 Å². The van der Waals surface area contributed by atoms with Gasteiger partial charge in [-0.1, -0.05) is 39.2 Å². The van der Waals surface area contributed by atoms with Crippen LogP contribution in [0, 0.1) is 5.92 Å². The minimum Gasteiger partial charge on any atom is -0.381 e. The molecule has 1 aromatic rings. The Morgan fingerprint density at radius 1 is 1.29 bits per heavy atom. The predicted molar refractivity (Wildman–Crippen MR) is 104 cm³/mol. The molecule has 24 heavy (non-hydrogen) atoms. The number of benzene rings is 1. The Morgan fingerprint density at radius 3 is 2.83 bits per heavy atom. The zero-order valence-electron chi connectivity index (χ0n) is 15.3. The molecular formula is C19H32N2O2S. The van der Waals surface area contributed by atoms with Crippen molar-refractivity contribution in [3.05, 3.63) is 24.3 Å². The molecule has 2 amide bonds. The third kappa shape index (κ3) is 9.18. The molecule has 1 unspecified atom stereocenters. The maximum Gasteiger partial charge on any atom is 0.319 e. The second-order valence-corrected chi connectivity index (χ2v) is 6.84. The number of urea groups is 1. The van der Waals surface area contributed by atoms with Crippen molar-refractivity contribution in [2.24, 2.45) is 5.92 Å². The van der Waals surface area contributed by atoms with Crippen LogP contribution in [0.2, 0.25) is 0 Å². The van der Waals surface area contributed by atoms with Crippen LogP contribution in [0.1, 0.15) is 46.0 Å². The van der Waals surface area contributed by atoms with E-state index in [9.17, 15) is 4.79 Å². The normalized spacial score (nSPS) is 12.0. The molecule has 1 aromatic carbocycles. The fourth-order valence-corrected chi connectivity index (χ4v) is 2.86. The van der Waals surface area contributed by atoms with Gasteiger partial charge in [-0.2, -0.15) is 0 Å². The summed E-state index contributed by atoms with van der Waals surface area (Å²) in [4.78, 5) is 13.0. The quantitative estimate of drug-likeness (QED) is 0.404. The van der Waals surface area contributed by atoms with Crippen LogP contribution in [0.3, 0.4) is 0 Å². The molecule has 0 saturated carbocycles. The summed E-state index contributed by atoms with van der Waals surface area (Å²) >= 11 is 1.66. The number of ether oxygens (including phenoxy) is 1. The number of thioether (sulfide) groups is 1. The number of rotatable bonds is 12. The molecule has 4 nitrogen and oxygen atoms in total. The highest BCUT2D eigenvalue weighted by molar-refractivity contribution is 7.98. The molecule has 2 N–H and O–H groups in total. The van der Waals surface area contributed by atoms with Crippen LogP contribution in [0.4, 0.5) is 10.5 Å². The van der Waals surface area contributed by atoms with E-state index in [-0.39, 0.29) is 6.03 Å². The average molecular weight is 353 g/mol. The summed E-state index contributed by atoms with van der Waals surface area (Å²) in [6, 6.07) is 7.66. The molecule has 1 atom stereocenters. The Kier molecular flexibility index (Phi) is 11.4. The van der Waals surface area contributed by atoms with Crippen molar-refractivity contribution in [2.75, 3.05) is 31.3 Å². The van der Waals surface area contributed by atoms with Crippen LogP contribution in [-0.4, -0.2) is 32.0 Å². The summed E-state index contributed by atoms with van der Waals surface area (Å²) in [7, 11) is 0. The minimum absolute atomic E-state index is 0.164. The van der Waals surface area contributed by atoms with E-state index in [1.807, 2.05) is 30.5 Å². The van der Waals surface area contributed by atoms with Crippen LogP contribution >= 0.6 is 11.8 Å². The largest absolute Gasteiger partial charge is 0.381 e.